The van der Waals surface area contributed by atoms with Crippen LogP contribution >= 0.6 is 0 Å². The highest BCUT2D eigenvalue weighted by molar-refractivity contribution is 5.15. The highest BCUT2D eigenvalue weighted by atomic mass is 14.8. The van der Waals surface area contributed by atoms with Crippen LogP contribution in [0.1, 0.15) is 46.0 Å². The molecule has 0 heterocycles. The van der Waals surface area contributed by atoms with Crippen LogP contribution in [0.25, 0.3) is 0 Å². The van der Waals surface area contributed by atoms with Crippen molar-refractivity contribution in [1.29, 1.82) is 0 Å². The summed E-state index contributed by atoms with van der Waals surface area (Å²) in [6, 6.07) is 0. The molecule has 1 atom stereocenters. The van der Waals surface area contributed by atoms with Crippen molar-refractivity contribution in [2.75, 3.05) is 7.05 Å². The molecule has 0 amide bonds. The van der Waals surface area contributed by atoms with Gasteiger partial charge in [0.1, 0.15) is 0 Å². The predicted octanol–water partition coefficient (Wildman–Crippen LogP) is 3.08. The first-order valence-corrected chi connectivity index (χ1v) is 5.16. The summed E-state index contributed by atoms with van der Waals surface area (Å²) >= 11 is 0. The Morgan fingerprint density at radius 1 is 1.50 bits per heavy atom. The Morgan fingerprint density at radius 3 is 2.83 bits per heavy atom. The van der Waals surface area contributed by atoms with E-state index in [1.54, 1.807) is 5.57 Å². The van der Waals surface area contributed by atoms with Gasteiger partial charge in [0.2, 0.25) is 0 Å². The maximum absolute atomic E-state index is 3.34. The summed E-state index contributed by atoms with van der Waals surface area (Å²) in [7, 11) is 2.06. The molecule has 0 radical (unpaired) electrons. The van der Waals surface area contributed by atoms with E-state index in [9.17, 15) is 0 Å². The van der Waals surface area contributed by atoms with E-state index < -0.39 is 0 Å². The minimum absolute atomic E-state index is 0.906. The van der Waals surface area contributed by atoms with E-state index in [1.807, 2.05) is 0 Å². The molecule has 0 aliphatic heterocycles. The summed E-state index contributed by atoms with van der Waals surface area (Å²) in [5, 5.41) is 3.34. The van der Waals surface area contributed by atoms with Crippen molar-refractivity contribution in [3.8, 4) is 0 Å². The van der Waals surface area contributed by atoms with Gasteiger partial charge in [-0.25, -0.2) is 0 Å². The zero-order valence-corrected chi connectivity index (χ0v) is 8.61. The molecule has 1 rings (SSSR count). The zero-order valence-electron chi connectivity index (χ0n) is 8.61. The maximum Gasteiger partial charge on any atom is 0.00961 e. The van der Waals surface area contributed by atoms with Crippen LogP contribution in [0.5, 0.6) is 0 Å². The largest absolute Gasteiger partial charge is 0.391 e. The number of allylic oxidation sites excluding steroid dienone is 2. The van der Waals surface area contributed by atoms with Crippen molar-refractivity contribution in [1.82, 2.24) is 5.32 Å². The standard InChI is InChI=1S/C11H21N/c1-4-5-10-8-9(2)6-7-11(10)12-3/h9,12H,4-8H2,1-3H3. The molecular formula is C11H21N. The predicted molar refractivity (Wildman–Crippen MR) is 54.0 cm³/mol. The van der Waals surface area contributed by atoms with Crippen LogP contribution in [0.2, 0.25) is 0 Å². The van der Waals surface area contributed by atoms with Gasteiger partial charge in [0, 0.05) is 12.7 Å². The van der Waals surface area contributed by atoms with Crippen molar-refractivity contribution in [3.63, 3.8) is 0 Å². The summed E-state index contributed by atoms with van der Waals surface area (Å²) in [4.78, 5) is 0. The molecule has 1 unspecified atom stereocenters. The fourth-order valence-electron chi connectivity index (χ4n) is 2.07. The Bertz CT molecular complexity index is 170. The Labute approximate surface area is 76.2 Å². The highest BCUT2D eigenvalue weighted by Gasteiger charge is 2.15. The average molecular weight is 167 g/mol. The van der Waals surface area contributed by atoms with E-state index >= 15 is 0 Å². The molecule has 0 aromatic heterocycles. The van der Waals surface area contributed by atoms with E-state index in [2.05, 4.69) is 26.2 Å². The zero-order chi connectivity index (χ0) is 8.97. The lowest BCUT2D eigenvalue weighted by molar-refractivity contribution is 0.472. The fourth-order valence-corrected chi connectivity index (χ4v) is 2.07. The highest BCUT2D eigenvalue weighted by Crippen LogP contribution is 2.29. The van der Waals surface area contributed by atoms with Crippen molar-refractivity contribution < 1.29 is 0 Å². The molecule has 12 heavy (non-hydrogen) atoms. The summed E-state index contributed by atoms with van der Waals surface area (Å²) < 4.78 is 0. The second-order valence-corrected chi connectivity index (χ2v) is 3.93. The van der Waals surface area contributed by atoms with Gasteiger partial charge in [0.05, 0.1) is 0 Å². The minimum Gasteiger partial charge on any atom is -0.391 e. The van der Waals surface area contributed by atoms with E-state index in [4.69, 9.17) is 0 Å². The molecule has 0 saturated carbocycles. The first-order chi connectivity index (χ1) is 5.77. The van der Waals surface area contributed by atoms with Crippen LogP contribution in [-0.4, -0.2) is 7.05 Å². The molecule has 70 valence electrons. The molecule has 0 aromatic rings. The van der Waals surface area contributed by atoms with Crippen molar-refractivity contribution in [2.45, 2.75) is 46.0 Å². The molecule has 1 nitrogen and oxygen atoms in total. The Hall–Kier alpha value is -0.460. The van der Waals surface area contributed by atoms with Gasteiger partial charge >= 0.3 is 0 Å². The van der Waals surface area contributed by atoms with Crippen molar-refractivity contribution in [3.05, 3.63) is 11.3 Å². The number of rotatable bonds is 3. The summed E-state index contributed by atoms with van der Waals surface area (Å²) in [5.74, 6) is 0.906. The van der Waals surface area contributed by atoms with Gasteiger partial charge in [-0.2, -0.15) is 0 Å². The lowest BCUT2D eigenvalue weighted by Crippen LogP contribution is -2.16. The van der Waals surface area contributed by atoms with Crippen LogP contribution in [0.4, 0.5) is 0 Å². The topological polar surface area (TPSA) is 12.0 Å². The first kappa shape index (κ1) is 9.63. The number of hydrogen-bond acceptors (Lipinski definition) is 1. The van der Waals surface area contributed by atoms with E-state index in [-0.39, 0.29) is 0 Å². The Balaban J connectivity index is 2.63. The second kappa shape index (κ2) is 4.54. The molecule has 0 fully saturated rings. The lowest BCUT2D eigenvalue weighted by Gasteiger charge is -2.24. The summed E-state index contributed by atoms with van der Waals surface area (Å²) in [6.45, 7) is 4.63. The van der Waals surface area contributed by atoms with Crippen molar-refractivity contribution in [2.24, 2.45) is 5.92 Å². The molecule has 1 aliphatic rings. The molecule has 0 bridgehead atoms. The number of hydrogen-bond donors (Lipinski definition) is 1. The van der Waals surface area contributed by atoms with E-state index in [1.165, 1.54) is 37.8 Å². The molecule has 1 heteroatoms. The minimum atomic E-state index is 0.906. The van der Waals surface area contributed by atoms with Crippen LogP contribution in [-0.2, 0) is 0 Å². The average Bonchev–Trinajstić information content (AvgIpc) is 2.05. The van der Waals surface area contributed by atoms with Gasteiger partial charge in [0.25, 0.3) is 0 Å². The third-order valence-electron chi connectivity index (χ3n) is 2.76. The third kappa shape index (κ3) is 2.26. The lowest BCUT2D eigenvalue weighted by atomic mass is 9.86. The molecule has 0 aromatic carbocycles. The second-order valence-electron chi connectivity index (χ2n) is 3.93. The SMILES string of the molecule is CCCC1=C(NC)CCC(C)C1. The molecule has 1 N–H and O–H groups in total. The quantitative estimate of drug-likeness (QED) is 0.681. The summed E-state index contributed by atoms with van der Waals surface area (Å²) in [6.07, 6.45) is 6.54. The fraction of sp³-hybridized carbons (Fsp3) is 0.818. The molecule has 0 saturated heterocycles. The van der Waals surface area contributed by atoms with E-state index in [0.717, 1.165) is 5.92 Å². The first-order valence-electron chi connectivity index (χ1n) is 5.16. The van der Waals surface area contributed by atoms with E-state index in [0.29, 0.717) is 0 Å². The van der Waals surface area contributed by atoms with Gasteiger partial charge in [-0.1, -0.05) is 25.8 Å². The molecule has 0 spiro atoms. The molecule has 1 aliphatic carbocycles. The maximum atomic E-state index is 3.34. The van der Waals surface area contributed by atoms with Crippen LogP contribution in [0.3, 0.4) is 0 Å². The van der Waals surface area contributed by atoms with Crippen molar-refractivity contribution >= 4 is 0 Å². The number of nitrogens with one attached hydrogen (secondary N) is 1. The monoisotopic (exact) mass is 167 g/mol. The Morgan fingerprint density at radius 2 is 2.25 bits per heavy atom. The van der Waals surface area contributed by atoms with Gasteiger partial charge in [-0.15, -0.1) is 0 Å². The Kier molecular flexibility index (Phi) is 3.64. The summed E-state index contributed by atoms with van der Waals surface area (Å²) in [5.41, 5.74) is 3.20. The van der Waals surface area contributed by atoms with Gasteiger partial charge in [-0.3, -0.25) is 0 Å². The third-order valence-corrected chi connectivity index (χ3v) is 2.76. The van der Waals surface area contributed by atoms with Crippen LogP contribution < -0.4 is 5.32 Å². The normalized spacial score (nSPS) is 24.4. The van der Waals surface area contributed by atoms with Crippen LogP contribution in [0.15, 0.2) is 11.3 Å². The van der Waals surface area contributed by atoms with Gasteiger partial charge < -0.3 is 5.32 Å². The van der Waals surface area contributed by atoms with Gasteiger partial charge in [0.15, 0.2) is 0 Å². The van der Waals surface area contributed by atoms with Gasteiger partial charge in [-0.05, 0) is 31.6 Å². The smallest absolute Gasteiger partial charge is 0.00961 e. The van der Waals surface area contributed by atoms with Crippen LogP contribution in [0, 0.1) is 5.92 Å². The molecular weight excluding hydrogens is 146 g/mol.